The number of benzene rings is 2. The standard InChI is InChI=1S/C23H25N5O3/c1-30-17-8-6-16(7-9-17)20-14-21(23-24-18-4-2-3-5-19(18)25-23)28(26-20)22(29)15-27-10-12-31-13-11-27/h2-9,21H,10-15H2,1H3,(H,24,25)/p+1/t21-/m0/s1. The largest absolute Gasteiger partial charge is 0.497 e. The maximum Gasteiger partial charge on any atom is 0.298 e. The van der Waals surface area contributed by atoms with Gasteiger partial charge in [0.1, 0.15) is 30.7 Å². The summed E-state index contributed by atoms with van der Waals surface area (Å²) in [4.78, 5) is 22.7. The Hall–Kier alpha value is -3.23. The predicted octanol–water partition coefficient (Wildman–Crippen LogP) is 1.16. The molecule has 0 spiro atoms. The first-order chi connectivity index (χ1) is 15.2. The number of methoxy groups -OCH3 is 1. The number of hydrogen-bond donors (Lipinski definition) is 2. The van der Waals surface area contributed by atoms with Crippen LogP contribution < -0.4 is 9.64 Å². The third kappa shape index (κ3) is 4.04. The van der Waals surface area contributed by atoms with Crippen molar-refractivity contribution in [1.29, 1.82) is 0 Å². The lowest BCUT2D eigenvalue weighted by molar-refractivity contribution is -0.900. The Balaban J connectivity index is 1.45. The fourth-order valence-corrected chi connectivity index (χ4v) is 4.17. The average molecular weight is 420 g/mol. The first kappa shape index (κ1) is 19.7. The molecule has 1 atom stereocenters. The maximum atomic E-state index is 13.3. The van der Waals surface area contributed by atoms with Gasteiger partial charge in [-0.3, -0.25) is 4.79 Å². The van der Waals surface area contributed by atoms with Crippen molar-refractivity contribution < 1.29 is 19.2 Å². The van der Waals surface area contributed by atoms with Crippen LogP contribution in [0.5, 0.6) is 5.75 Å². The lowest BCUT2D eigenvalue weighted by Gasteiger charge is -2.26. The summed E-state index contributed by atoms with van der Waals surface area (Å²) in [6.45, 7) is 3.46. The summed E-state index contributed by atoms with van der Waals surface area (Å²) in [6.07, 6.45) is 0.607. The quantitative estimate of drug-likeness (QED) is 0.649. The van der Waals surface area contributed by atoms with Gasteiger partial charge in [-0.1, -0.05) is 12.1 Å². The Labute approximate surface area is 180 Å². The van der Waals surface area contributed by atoms with E-state index in [2.05, 4.69) is 4.98 Å². The van der Waals surface area contributed by atoms with Crippen LogP contribution in [0.4, 0.5) is 0 Å². The number of H-pyrrole nitrogens is 1. The van der Waals surface area contributed by atoms with Gasteiger partial charge in [-0.05, 0) is 42.0 Å². The zero-order valence-electron chi connectivity index (χ0n) is 17.5. The zero-order valence-corrected chi connectivity index (χ0v) is 17.5. The number of rotatable bonds is 5. The van der Waals surface area contributed by atoms with E-state index in [9.17, 15) is 4.79 Å². The lowest BCUT2D eigenvalue weighted by atomic mass is 10.0. The number of quaternary nitrogens is 1. The van der Waals surface area contributed by atoms with Gasteiger partial charge in [0.25, 0.3) is 5.91 Å². The first-order valence-corrected chi connectivity index (χ1v) is 10.6. The van der Waals surface area contributed by atoms with E-state index in [0.29, 0.717) is 26.2 Å². The molecule has 1 saturated heterocycles. The molecule has 31 heavy (non-hydrogen) atoms. The van der Waals surface area contributed by atoms with Crippen molar-refractivity contribution in [2.45, 2.75) is 12.5 Å². The van der Waals surface area contributed by atoms with Crippen molar-refractivity contribution >= 4 is 22.7 Å². The number of imidazole rings is 1. The summed E-state index contributed by atoms with van der Waals surface area (Å²) >= 11 is 0. The highest BCUT2D eigenvalue weighted by atomic mass is 16.5. The van der Waals surface area contributed by atoms with Crippen LogP contribution in [0.15, 0.2) is 53.6 Å². The minimum Gasteiger partial charge on any atom is -0.497 e. The van der Waals surface area contributed by atoms with Crippen LogP contribution in [-0.2, 0) is 9.53 Å². The van der Waals surface area contributed by atoms with Gasteiger partial charge >= 0.3 is 0 Å². The number of fused-ring (bicyclic) bond motifs is 1. The molecule has 0 unspecified atom stereocenters. The van der Waals surface area contributed by atoms with Gasteiger partial charge in [0.05, 0.1) is 37.1 Å². The van der Waals surface area contributed by atoms with E-state index in [1.54, 1.807) is 12.1 Å². The molecule has 3 aromatic rings. The number of nitrogens with one attached hydrogen (secondary N) is 2. The van der Waals surface area contributed by atoms with Gasteiger partial charge in [-0.2, -0.15) is 5.10 Å². The van der Waals surface area contributed by atoms with Gasteiger partial charge in [0.15, 0.2) is 6.54 Å². The Kier molecular flexibility index (Phi) is 5.40. The fourth-order valence-electron chi connectivity index (χ4n) is 4.17. The van der Waals surface area contributed by atoms with Crippen molar-refractivity contribution in [1.82, 2.24) is 15.0 Å². The molecule has 0 saturated carbocycles. The molecule has 0 aliphatic carbocycles. The van der Waals surface area contributed by atoms with E-state index < -0.39 is 0 Å². The number of carbonyl (C=O) groups is 1. The number of amides is 1. The number of aromatic nitrogens is 2. The van der Waals surface area contributed by atoms with E-state index in [0.717, 1.165) is 47.0 Å². The number of hydrazone groups is 1. The molecule has 5 rings (SSSR count). The zero-order chi connectivity index (χ0) is 21.2. The summed E-state index contributed by atoms with van der Waals surface area (Å²) in [5, 5.41) is 6.39. The van der Waals surface area contributed by atoms with Gasteiger partial charge in [0.2, 0.25) is 0 Å². The number of hydrogen-bond acceptors (Lipinski definition) is 5. The monoisotopic (exact) mass is 420 g/mol. The summed E-state index contributed by atoms with van der Waals surface area (Å²) in [5.41, 5.74) is 3.71. The van der Waals surface area contributed by atoms with Crippen LogP contribution in [-0.4, -0.2) is 66.6 Å². The smallest absolute Gasteiger partial charge is 0.298 e. The first-order valence-electron chi connectivity index (χ1n) is 10.6. The van der Waals surface area contributed by atoms with E-state index in [1.165, 1.54) is 4.90 Å². The molecule has 0 bridgehead atoms. The number of nitrogens with zero attached hydrogens (tertiary/aromatic N) is 3. The Morgan fingerprint density at radius 2 is 1.97 bits per heavy atom. The van der Waals surface area contributed by atoms with Crippen LogP contribution in [0.3, 0.4) is 0 Å². The average Bonchev–Trinajstić information content (AvgIpc) is 3.44. The molecule has 0 radical (unpaired) electrons. The fraction of sp³-hybridized carbons (Fsp3) is 0.348. The van der Waals surface area contributed by atoms with Crippen LogP contribution in [0.25, 0.3) is 11.0 Å². The van der Waals surface area contributed by atoms with Gasteiger partial charge < -0.3 is 19.4 Å². The van der Waals surface area contributed by atoms with Crippen molar-refractivity contribution in [2.75, 3.05) is 40.0 Å². The molecule has 8 nitrogen and oxygen atoms in total. The minimum absolute atomic E-state index is 0.00543. The number of morpholine rings is 1. The van der Waals surface area contributed by atoms with Crippen LogP contribution in [0, 0.1) is 0 Å². The van der Waals surface area contributed by atoms with E-state index in [1.807, 2.05) is 48.5 Å². The minimum atomic E-state index is -0.252. The topological polar surface area (TPSA) is 84.2 Å². The highest BCUT2D eigenvalue weighted by Crippen LogP contribution is 2.32. The van der Waals surface area contributed by atoms with Gasteiger partial charge in [-0.15, -0.1) is 0 Å². The number of ether oxygens (including phenoxy) is 2. The van der Waals surface area contributed by atoms with Crippen LogP contribution >= 0.6 is 0 Å². The normalized spacial score (nSPS) is 19.6. The predicted molar refractivity (Wildman–Crippen MR) is 116 cm³/mol. The van der Waals surface area contributed by atoms with Crippen molar-refractivity contribution in [3.8, 4) is 5.75 Å². The van der Waals surface area contributed by atoms with Crippen molar-refractivity contribution in [2.24, 2.45) is 5.10 Å². The van der Waals surface area contributed by atoms with Crippen molar-refractivity contribution in [3.05, 3.63) is 59.9 Å². The van der Waals surface area contributed by atoms with E-state index in [-0.39, 0.29) is 11.9 Å². The molecule has 160 valence electrons. The Bertz CT molecular complexity index is 1070. The number of para-hydroxylation sites is 2. The molecular weight excluding hydrogens is 394 g/mol. The molecule has 2 aliphatic rings. The lowest BCUT2D eigenvalue weighted by Crippen LogP contribution is -3.15. The maximum absolute atomic E-state index is 13.3. The molecule has 1 amide bonds. The number of carbonyl (C=O) groups excluding carboxylic acids is 1. The van der Waals surface area contributed by atoms with Gasteiger partial charge in [-0.25, -0.2) is 9.99 Å². The highest BCUT2D eigenvalue weighted by Gasteiger charge is 2.36. The summed E-state index contributed by atoms with van der Waals surface area (Å²) in [7, 11) is 1.65. The Morgan fingerprint density at radius 1 is 1.19 bits per heavy atom. The Morgan fingerprint density at radius 3 is 2.71 bits per heavy atom. The van der Waals surface area contributed by atoms with E-state index >= 15 is 0 Å². The summed E-state index contributed by atoms with van der Waals surface area (Å²) in [6, 6.07) is 15.4. The molecule has 2 aliphatic heterocycles. The van der Waals surface area contributed by atoms with Crippen LogP contribution in [0.2, 0.25) is 0 Å². The number of aromatic amines is 1. The molecule has 1 aromatic heterocycles. The SMILES string of the molecule is COc1ccc(C2=NN(C(=O)C[NH+]3CCOCC3)[C@H](c3nc4ccccc4[nH]3)C2)cc1. The highest BCUT2D eigenvalue weighted by molar-refractivity contribution is 6.03. The molecule has 8 heteroatoms. The van der Waals surface area contributed by atoms with E-state index in [4.69, 9.17) is 19.6 Å². The van der Waals surface area contributed by atoms with Crippen molar-refractivity contribution in [3.63, 3.8) is 0 Å². The van der Waals surface area contributed by atoms with Gasteiger partial charge in [0, 0.05) is 6.42 Å². The second-order valence-electron chi connectivity index (χ2n) is 7.91. The van der Waals surface area contributed by atoms with Crippen LogP contribution in [0.1, 0.15) is 23.9 Å². The third-order valence-electron chi connectivity index (χ3n) is 5.91. The summed E-state index contributed by atoms with van der Waals surface area (Å²) < 4.78 is 10.7. The summed E-state index contributed by atoms with van der Waals surface area (Å²) in [5.74, 6) is 1.56. The molecule has 1 fully saturated rings. The third-order valence-corrected chi connectivity index (χ3v) is 5.91. The molecular formula is C23H26N5O3+. The second kappa shape index (κ2) is 8.49. The second-order valence-corrected chi connectivity index (χ2v) is 7.91. The molecule has 3 heterocycles. The molecule has 2 aromatic carbocycles. The molecule has 2 N–H and O–H groups in total.